The fourth-order valence-electron chi connectivity index (χ4n) is 2.80. The summed E-state index contributed by atoms with van der Waals surface area (Å²) in [6.07, 6.45) is 1.90. The Balaban J connectivity index is 1.99. The van der Waals surface area contributed by atoms with E-state index in [1.54, 1.807) is 0 Å². The van der Waals surface area contributed by atoms with Crippen LogP contribution in [0.5, 0.6) is 0 Å². The molecular weight excluding hydrogens is 236 g/mol. The number of hydrogen-bond acceptors (Lipinski definition) is 2. The first-order valence-electron chi connectivity index (χ1n) is 7.16. The van der Waals surface area contributed by atoms with Crippen LogP contribution in [0.15, 0.2) is 18.2 Å². The van der Waals surface area contributed by atoms with Gasteiger partial charge >= 0.3 is 0 Å². The van der Waals surface area contributed by atoms with Gasteiger partial charge < -0.3 is 10.6 Å². The molecule has 1 fully saturated rings. The molecule has 1 unspecified atom stereocenters. The summed E-state index contributed by atoms with van der Waals surface area (Å²) in [6.45, 7) is 8.17. The van der Waals surface area contributed by atoms with Crippen LogP contribution in [0.25, 0.3) is 0 Å². The van der Waals surface area contributed by atoms with E-state index in [1.807, 2.05) is 0 Å². The summed E-state index contributed by atoms with van der Waals surface area (Å²) in [5.41, 5.74) is 3.73. The monoisotopic (exact) mass is 260 g/mol. The summed E-state index contributed by atoms with van der Waals surface area (Å²) in [7, 11) is 0. The number of rotatable bonds is 3. The van der Waals surface area contributed by atoms with Crippen molar-refractivity contribution in [2.45, 2.75) is 39.7 Å². The van der Waals surface area contributed by atoms with E-state index in [1.165, 1.54) is 16.7 Å². The normalized spacial score (nSPS) is 18.1. The largest absolute Gasteiger partial charge is 0.349 e. The predicted octanol–water partition coefficient (Wildman–Crippen LogP) is 2.48. The molecule has 1 heterocycles. The number of hydrogen-bond donors (Lipinski definition) is 2. The average molecular weight is 260 g/mol. The van der Waals surface area contributed by atoms with Crippen LogP contribution in [0.4, 0.5) is 0 Å². The summed E-state index contributed by atoms with van der Waals surface area (Å²) in [6, 6.07) is 6.48. The van der Waals surface area contributed by atoms with E-state index in [9.17, 15) is 4.79 Å². The molecule has 0 aliphatic carbocycles. The van der Waals surface area contributed by atoms with E-state index >= 15 is 0 Å². The van der Waals surface area contributed by atoms with Crippen LogP contribution in [0.1, 0.15) is 42.5 Å². The first kappa shape index (κ1) is 14.1. The van der Waals surface area contributed by atoms with Crippen LogP contribution in [0.2, 0.25) is 0 Å². The average Bonchev–Trinajstić information content (AvgIpc) is 2.39. The topological polar surface area (TPSA) is 41.1 Å². The molecule has 1 aliphatic heterocycles. The van der Waals surface area contributed by atoms with E-state index in [2.05, 4.69) is 49.6 Å². The molecule has 104 valence electrons. The van der Waals surface area contributed by atoms with Gasteiger partial charge in [0.25, 0.3) is 0 Å². The molecule has 2 N–H and O–H groups in total. The van der Waals surface area contributed by atoms with Crippen LogP contribution >= 0.6 is 0 Å². The van der Waals surface area contributed by atoms with E-state index in [0.717, 1.165) is 25.9 Å². The smallest absolute Gasteiger partial charge is 0.223 e. The molecule has 1 amide bonds. The zero-order valence-electron chi connectivity index (χ0n) is 12.1. The maximum absolute atomic E-state index is 12.2. The van der Waals surface area contributed by atoms with E-state index < -0.39 is 0 Å². The Hall–Kier alpha value is -1.35. The molecule has 3 heteroatoms. The standard InChI is InChI=1S/C16H24N2O/c1-11-4-5-15(12(2)10-11)13(3)18-16(19)14-6-8-17-9-7-14/h4-5,10,13-14,17H,6-9H2,1-3H3,(H,18,19). The SMILES string of the molecule is Cc1ccc(C(C)NC(=O)C2CCNCC2)c(C)c1. The third-order valence-corrected chi connectivity index (χ3v) is 3.96. The van der Waals surface area contributed by atoms with Crippen LogP contribution in [0.3, 0.4) is 0 Å². The van der Waals surface area contributed by atoms with Crippen molar-refractivity contribution in [3.8, 4) is 0 Å². The summed E-state index contributed by atoms with van der Waals surface area (Å²) >= 11 is 0. The Bertz CT molecular complexity index is 450. The molecule has 1 saturated heterocycles. The highest BCUT2D eigenvalue weighted by Crippen LogP contribution is 2.20. The van der Waals surface area contributed by atoms with Gasteiger partial charge in [-0.05, 0) is 57.8 Å². The number of nitrogens with one attached hydrogen (secondary N) is 2. The Labute approximate surface area is 115 Å². The van der Waals surface area contributed by atoms with Gasteiger partial charge in [0.15, 0.2) is 0 Å². The lowest BCUT2D eigenvalue weighted by Crippen LogP contribution is -2.39. The number of carbonyl (C=O) groups excluding carboxylic acids is 1. The zero-order chi connectivity index (χ0) is 13.8. The number of piperidine rings is 1. The molecule has 3 nitrogen and oxygen atoms in total. The molecule has 0 saturated carbocycles. The molecule has 1 atom stereocenters. The molecule has 2 rings (SSSR count). The van der Waals surface area contributed by atoms with Crippen LogP contribution in [0, 0.1) is 19.8 Å². The molecular formula is C16H24N2O. The van der Waals surface area contributed by atoms with E-state index in [0.29, 0.717) is 0 Å². The maximum atomic E-state index is 12.2. The van der Waals surface area contributed by atoms with E-state index in [-0.39, 0.29) is 17.9 Å². The second-order valence-corrected chi connectivity index (χ2v) is 5.61. The Morgan fingerprint density at radius 3 is 2.63 bits per heavy atom. The van der Waals surface area contributed by atoms with Crippen molar-refractivity contribution in [2.75, 3.05) is 13.1 Å². The van der Waals surface area contributed by atoms with Crippen molar-refractivity contribution in [1.82, 2.24) is 10.6 Å². The van der Waals surface area contributed by atoms with Crippen molar-refractivity contribution in [3.63, 3.8) is 0 Å². The minimum Gasteiger partial charge on any atom is -0.349 e. The number of aryl methyl sites for hydroxylation is 2. The van der Waals surface area contributed by atoms with Crippen LogP contribution < -0.4 is 10.6 Å². The first-order chi connectivity index (χ1) is 9.08. The van der Waals surface area contributed by atoms with Gasteiger partial charge in [0.05, 0.1) is 6.04 Å². The molecule has 1 aromatic rings. The number of benzene rings is 1. The van der Waals surface area contributed by atoms with Crippen molar-refractivity contribution in [2.24, 2.45) is 5.92 Å². The quantitative estimate of drug-likeness (QED) is 0.876. The predicted molar refractivity (Wildman–Crippen MR) is 78.1 cm³/mol. The van der Waals surface area contributed by atoms with Gasteiger partial charge in [-0.15, -0.1) is 0 Å². The van der Waals surface area contributed by atoms with Gasteiger partial charge in [0.1, 0.15) is 0 Å². The Morgan fingerprint density at radius 2 is 2.00 bits per heavy atom. The molecule has 0 radical (unpaired) electrons. The zero-order valence-corrected chi connectivity index (χ0v) is 12.1. The van der Waals surface area contributed by atoms with Gasteiger partial charge in [-0.1, -0.05) is 23.8 Å². The van der Waals surface area contributed by atoms with Gasteiger partial charge in [0.2, 0.25) is 5.91 Å². The highest BCUT2D eigenvalue weighted by molar-refractivity contribution is 5.79. The Morgan fingerprint density at radius 1 is 1.32 bits per heavy atom. The maximum Gasteiger partial charge on any atom is 0.223 e. The highest BCUT2D eigenvalue weighted by atomic mass is 16.1. The highest BCUT2D eigenvalue weighted by Gasteiger charge is 2.22. The third kappa shape index (κ3) is 3.57. The fraction of sp³-hybridized carbons (Fsp3) is 0.562. The Kier molecular flexibility index (Phi) is 4.59. The van der Waals surface area contributed by atoms with Crippen molar-refractivity contribution >= 4 is 5.91 Å². The van der Waals surface area contributed by atoms with Gasteiger partial charge in [-0.2, -0.15) is 0 Å². The molecule has 0 aromatic heterocycles. The second-order valence-electron chi connectivity index (χ2n) is 5.61. The summed E-state index contributed by atoms with van der Waals surface area (Å²) < 4.78 is 0. The lowest BCUT2D eigenvalue weighted by Gasteiger charge is -2.24. The molecule has 19 heavy (non-hydrogen) atoms. The molecule has 1 aliphatic rings. The first-order valence-corrected chi connectivity index (χ1v) is 7.16. The van der Waals surface area contributed by atoms with Crippen molar-refractivity contribution in [3.05, 3.63) is 34.9 Å². The summed E-state index contributed by atoms with van der Waals surface area (Å²) in [4.78, 5) is 12.2. The molecule has 0 spiro atoms. The van der Waals surface area contributed by atoms with E-state index in [4.69, 9.17) is 0 Å². The number of amides is 1. The molecule has 1 aromatic carbocycles. The lowest BCUT2D eigenvalue weighted by atomic mass is 9.95. The summed E-state index contributed by atoms with van der Waals surface area (Å²) in [5, 5.41) is 6.45. The van der Waals surface area contributed by atoms with Gasteiger partial charge in [-0.3, -0.25) is 4.79 Å². The fourth-order valence-corrected chi connectivity index (χ4v) is 2.80. The molecule has 0 bridgehead atoms. The van der Waals surface area contributed by atoms with Gasteiger partial charge in [-0.25, -0.2) is 0 Å². The van der Waals surface area contributed by atoms with Crippen LogP contribution in [-0.4, -0.2) is 19.0 Å². The minimum atomic E-state index is 0.0861. The third-order valence-electron chi connectivity index (χ3n) is 3.96. The van der Waals surface area contributed by atoms with Crippen molar-refractivity contribution in [1.29, 1.82) is 0 Å². The van der Waals surface area contributed by atoms with Crippen molar-refractivity contribution < 1.29 is 4.79 Å². The van der Waals surface area contributed by atoms with Crippen LogP contribution in [-0.2, 0) is 4.79 Å². The summed E-state index contributed by atoms with van der Waals surface area (Å²) in [5.74, 6) is 0.378. The minimum absolute atomic E-state index is 0.0861. The second kappa shape index (κ2) is 6.20. The van der Waals surface area contributed by atoms with Gasteiger partial charge in [0, 0.05) is 5.92 Å². The number of carbonyl (C=O) groups is 1. The lowest BCUT2D eigenvalue weighted by molar-refractivity contribution is -0.126.